The van der Waals surface area contributed by atoms with E-state index in [1.54, 1.807) is 0 Å². The van der Waals surface area contributed by atoms with E-state index in [4.69, 9.17) is 0 Å². The maximum absolute atomic E-state index is 2.39. The van der Waals surface area contributed by atoms with Gasteiger partial charge in [0.05, 0.1) is 0 Å². The minimum absolute atomic E-state index is 0. The van der Waals surface area contributed by atoms with Crippen LogP contribution in [0.5, 0.6) is 0 Å². The SMILES string of the molecule is [CH-]1CCCCC1.[Na+].[OH-]. The summed E-state index contributed by atoms with van der Waals surface area (Å²) in [6.07, 6.45) is 9.50. The Balaban J connectivity index is 0. The maximum atomic E-state index is 2.39. The summed E-state index contributed by atoms with van der Waals surface area (Å²) in [7, 11) is 0. The molecule has 0 aliphatic heterocycles. The molecule has 0 aromatic heterocycles. The topological polar surface area (TPSA) is 30.0 Å². The van der Waals surface area contributed by atoms with Crippen molar-refractivity contribution in [2.75, 3.05) is 0 Å². The van der Waals surface area contributed by atoms with Gasteiger partial charge in [0.1, 0.15) is 0 Å². The molecule has 0 heterocycles. The smallest absolute Gasteiger partial charge is 0.870 e. The van der Waals surface area contributed by atoms with Crippen molar-refractivity contribution in [1.29, 1.82) is 0 Å². The number of rotatable bonds is 0. The van der Waals surface area contributed by atoms with E-state index < -0.39 is 0 Å². The monoisotopic (exact) mass is 123 g/mol. The van der Waals surface area contributed by atoms with E-state index in [0.717, 1.165) is 0 Å². The van der Waals surface area contributed by atoms with Gasteiger partial charge in [-0.2, -0.15) is 12.8 Å². The molecule has 1 nitrogen and oxygen atoms in total. The standard InChI is InChI=1S/C6H11.Na.H2O/c1-2-4-6-5-3-1;;/h1H,2-6H2;;1H2/q-1;+1;/p-1. The zero-order chi connectivity index (χ0) is 4.24. The summed E-state index contributed by atoms with van der Waals surface area (Å²) < 4.78 is 0. The molecule has 1 saturated carbocycles. The van der Waals surface area contributed by atoms with Crippen LogP contribution >= 0.6 is 0 Å². The van der Waals surface area contributed by atoms with E-state index in [-0.39, 0.29) is 35.0 Å². The first-order valence-corrected chi connectivity index (χ1v) is 2.82. The summed E-state index contributed by atoms with van der Waals surface area (Å²) in [6, 6.07) is 0. The van der Waals surface area contributed by atoms with Gasteiger partial charge >= 0.3 is 29.6 Å². The Hall–Kier alpha value is 0.960. The molecule has 0 saturated heterocycles. The van der Waals surface area contributed by atoms with E-state index in [9.17, 15) is 0 Å². The molecule has 0 bridgehead atoms. The summed E-state index contributed by atoms with van der Waals surface area (Å²) in [4.78, 5) is 0. The van der Waals surface area contributed by atoms with Crippen molar-refractivity contribution in [2.45, 2.75) is 32.1 Å². The van der Waals surface area contributed by atoms with Crippen molar-refractivity contribution in [3.63, 3.8) is 0 Å². The molecule has 0 radical (unpaired) electrons. The zero-order valence-corrected chi connectivity index (χ0v) is 7.56. The Labute approximate surface area is 73.5 Å². The van der Waals surface area contributed by atoms with Crippen LogP contribution in [-0.4, -0.2) is 5.48 Å². The van der Waals surface area contributed by atoms with E-state index in [0.29, 0.717) is 0 Å². The van der Waals surface area contributed by atoms with Crippen LogP contribution in [0.25, 0.3) is 0 Å². The summed E-state index contributed by atoms with van der Waals surface area (Å²) in [5, 5.41) is 0. The van der Waals surface area contributed by atoms with Crippen molar-refractivity contribution < 1.29 is 35.0 Å². The summed E-state index contributed by atoms with van der Waals surface area (Å²) >= 11 is 0. The van der Waals surface area contributed by atoms with Crippen LogP contribution in [0.4, 0.5) is 0 Å². The molecule has 1 aliphatic rings. The Morgan fingerprint density at radius 1 is 0.875 bits per heavy atom. The van der Waals surface area contributed by atoms with E-state index in [1.165, 1.54) is 32.1 Å². The number of hydrogen-bond donors (Lipinski definition) is 0. The molecule has 0 unspecified atom stereocenters. The predicted molar refractivity (Wildman–Crippen MR) is 29.3 cm³/mol. The minimum atomic E-state index is 0. The molecule has 44 valence electrons. The van der Waals surface area contributed by atoms with Gasteiger partial charge in [0, 0.05) is 0 Å². The van der Waals surface area contributed by atoms with Crippen molar-refractivity contribution in [2.24, 2.45) is 0 Å². The van der Waals surface area contributed by atoms with Gasteiger partial charge in [0.15, 0.2) is 0 Å². The predicted octanol–water partition coefficient (Wildman–Crippen LogP) is -1.02. The van der Waals surface area contributed by atoms with Gasteiger partial charge in [-0.3, -0.25) is 0 Å². The van der Waals surface area contributed by atoms with Crippen molar-refractivity contribution in [3.05, 3.63) is 6.42 Å². The van der Waals surface area contributed by atoms with Crippen LogP contribution in [0.15, 0.2) is 0 Å². The average Bonchev–Trinajstić information content (AvgIpc) is 1.72. The Morgan fingerprint density at radius 3 is 1.50 bits per heavy atom. The molecule has 1 rings (SSSR count). The molecule has 0 aromatic carbocycles. The molecule has 0 atom stereocenters. The summed E-state index contributed by atoms with van der Waals surface area (Å²) in [5.41, 5.74) is 0. The van der Waals surface area contributed by atoms with Gasteiger partial charge in [0.25, 0.3) is 0 Å². The van der Waals surface area contributed by atoms with Crippen LogP contribution in [0.2, 0.25) is 0 Å². The van der Waals surface area contributed by atoms with Crippen LogP contribution in [0.3, 0.4) is 0 Å². The second-order valence-corrected chi connectivity index (χ2v) is 1.93. The van der Waals surface area contributed by atoms with E-state index >= 15 is 0 Å². The molecule has 0 amide bonds. The largest absolute Gasteiger partial charge is 1.00 e. The summed E-state index contributed by atoms with van der Waals surface area (Å²) in [5.74, 6) is 0. The van der Waals surface area contributed by atoms with Gasteiger partial charge in [-0.15, -0.1) is 0 Å². The Morgan fingerprint density at radius 2 is 1.38 bits per heavy atom. The van der Waals surface area contributed by atoms with Crippen molar-refractivity contribution in [3.8, 4) is 0 Å². The first kappa shape index (κ1) is 11.7. The molecule has 2 heteroatoms. The zero-order valence-electron chi connectivity index (χ0n) is 5.56. The van der Waals surface area contributed by atoms with E-state index in [2.05, 4.69) is 6.42 Å². The third-order valence-electron chi connectivity index (χ3n) is 1.32. The molecular weight excluding hydrogens is 111 g/mol. The Kier molecular flexibility index (Phi) is 11.7. The molecule has 1 aliphatic carbocycles. The van der Waals surface area contributed by atoms with Crippen LogP contribution < -0.4 is 29.6 Å². The summed E-state index contributed by atoms with van der Waals surface area (Å²) in [6.45, 7) is 0. The fraction of sp³-hybridized carbons (Fsp3) is 0.833. The molecule has 1 fully saturated rings. The van der Waals surface area contributed by atoms with Gasteiger partial charge in [0.2, 0.25) is 0 Å². The van der Waals surface area contributed by atoms with Gasteiger partial charge in [-0.25, -0.2) is 0 Å². The fourth-order valence-electron chi connectivity index (χ4n) is 0.898. The van der Waals surface area contributed by atoms with Crippen LogP contribution in [0.1, 0.15) is 32.1 Å². The van der Waals surface area contributed by atoms with Crippen molar-refractivity contribution >= 4 is 0 Å². The van der Waals surface area contributed by atoms with Crippen LogP contribution in [-0.2, 0) is 0 Å². The average molecular weight is 123 g/mol. The normalized spacial score (nSPS) is 18.0. The second-order valence-electron chi connectivity index (χ2n) is 1.93. The quantitative estimate of drug-likeness (QED) is 0.299. The minimum Gasteiger partial charge on any atom is -0.870 e. The van der Waals surface area contributed by atoms with Gasteiger partial charge in [-0.1, -0.05) is 19.3 Å². The number of hydrogen-bond acceptors (Lipinski definition) is 1. The molecule has 0 aromatic rings. The fourth-order valence-corrected chi connectivity index (χ4v) is 0.898. The molecule has 8 heavy (non-hydrogen) atoms. The second kappa shape index (κ2) is 7.96. The van der Waals surface area contributed by atoms with Gasteiger partial charge in [-0.05, 0) is 0 Å². The van der Waals surface area contributed by atoms with E-state index in [1.807, 2.05) is 0 Å². The van der Waals surface area contributed by atoms with Crippen molar-refractivity contribution in [1.82, 2.24) is 0 Å². The molecule has 1 N–H and O–H groups in total. The first-order valence-electron chi connectivity index (χ1n) is 2.82. The maximum Gasteiger partial charge on any atom is 1.00 e. The molecular formula is C6H12NaO-. The third kappa shape index (κ3) is 5.10. The third-order valence-corrected chi connectivity index (χ3v) is 1.32. The Bertz CT molecular complexity index is 24.0. The first-order chi connectivity index (χ1) is 3.00. The van der Waals surface area contributed by atoms with Gasteiger partial charge < -0.3 is 11.9 Å². The molecule has 0 spiro atoms. The van der Waals surface area contributed by atoms with Crippen LogP contribution in [0, 0.1) is 6.42 Å².